The zero-order valence-corrected chi connectivity index (χ0v) is 11.8. The first kappa shape index (κ1) is 15.7. The molecule has 0 saturated heterocycles. The fraction of sp³-hybridized carbons (Fsp3) is 0.0714. The summed E-state index contributed by atoms with van der Waals surface area (Å²) in [5.74, 6) is -0.823. The average molecular weight is 335 g/mol. The number of rotatable bonds is 3. The van der Waals surface area contributed by atoms with E-state index in [1.807, 2.05) is 0 Å². The second kappa shape index (κ2) is 5.95. The summed E-state index contributed by atoms with van der Waals surface area (Å²) in [6, 6.07) is 8.95. The van der Waals surface area contributed by atoms with Crippen LogP contribution in [0.4, 0.5) is 13.2 Å². The van der Waals surface area contributed by atoms with Crippen LogP contribution in [0.25, 0.3) is 0 Å². The van der Waals surface area contributed by atoms with Gasteiger partial charge in [-0.2, -0.15) is 0 Å². The predicted octanol–water partition coefficient (Wildman–Crippen LogP) is 5.12. The first-order chi connectivity index (χ1) is 9.76. The van der Waals surface area contributed by atoms with Crippen molar-refractivity contribution >= 4 is 29.0 Å². The summed E-state index contributed by atoms with van der Waals surface area (Å²) in [6.45, 7) is 0. The lowest BCUT2D eigenvalue weighted by Gasteiger charge is -2.09. The van der Waals surface area contributed by atoms with Crippen LogP contribution in [0, 0.1) is 0 Å². The first-order valence-electron chi connectivity index (χ1n) is 5.62. The Morgan fingerprint density at radius 1 is 1.00 bits per heavy atom. The van der Waals surface area contributed by atoms with Gasteiger partial charge in [-0.25, -0.2) is 0 Å². The van der Waals surface area contributed by atoms with Gasteiger partial charge in [0.2, 0.25) is 0 Å². The summed E-state index contributed by atoms with van der Waals surface area (Å²) in [5, 5.41) is 0.550. The third-order valence-corrected chi connectivity index (χ3v) is 3.07. The molecule has 0 atom stereocenters. The van der Waals surface area contributed by atoms with E-state index in [2.05, 4.69) is 4.74 Å². The molecule has 0 radical (unpaired) electrons. The van der Waals surface area contributed by atoms with E-state index in [0.29, 0.717) is 5.02 Å². The highest BCUT2D eigenvalue weighted by Crippen LogP contribution is 2.26. The van der Waals surface area contributed by atoms with Gasteiger partial charge in [0.05, 0.1) is 5.02 Å². The number of hydrogen-bond donors (Lipinski definition) is 0. The van der Waals surface area contributed by atoms with E-state index in [4.69, 9.17) is 23.2 Å². The Kier molecular flexibility index (Phi) is 4.44. The highest BCUT2D eigenvalue weighted by molar-refractivity contribution is 6.37. The number of benzene rings is 2. The zero-order valence-electron chi connectivity index (χ0n) is 10.2. The van der Waals surface area contributed by atoms with Crippen molar-refractivity contribution in [2.75, 3.05) is 0 Å². The summed E-state index contributed by atoms with van der Waals surface area (Å²) >= 11 is 11.6. The molecule has 0 unspecified atom stereocenters. The molecule has 2 rings (SSSR count). The molecule has 0 aliphatic rings. The van der Waals surface area contributed by atoms with E-state index in [1.165, 1.54) is 30.3 Å². The van der Waals surface area contributed by atoms with Crippen molar-refractivity contribution in [2.24, 2.45) is 0 Å². The van der Waals surface area contributed by atoms with E-state index < -0.39 is 17.9 Å². The van der Waals surface area contributed by atoms with E-state index in [-0.39, 0.29) is 16.1 Å². The topological polar surface area (TPSA) is 26.3 Å². The molecule has 0 amide bonds. The van der Waals surface area contributed by atoms with Gasteiger partial charge in [-0.15, -0.1) is 13.2 Å². The monoisotopic (exact) mass is 334 g/mol. The molecule has 2 aromatic carbocycles. The Labute approximate surface area is 128 Å². The van der Waals surface area contributed by atoms with Gasteiger partial charge in [-0.05, 0) is 42.5 Å². The van der Waals surface area contributed by atoms with Gasteiger partial charge in [0.1, 0.15) is 5.75 Å². The molecule has 7 heteroatoms. The molecule has 0 aliphatic carbocycles. The zero-order chi connectivity index (χ0) is 15.6. The van der Waals surface area contributed by atoms with E-state index >= 15 is 0 Å². The number of carbonyl (C=O) groups is 1. The van der Waals surface area contributed by atoms with Crippen LogP contribution < -0.4 is 4.74 Å². The molecule has 0 fully saturated rings. The van der Waals surface area contributed by atoms with Gasteiger partial charge in [-0.3, -0.25) is 4.79 Å². The van der Waals surface area contributed by atoms with E-state index in [1.54, 1.807) is 0 Å². The molecular formula is C14H7Cl2F3O2. The van der Waals surface area contributed by atoms with Crippen molar-refractivity contribution in [1.29, 1.82) is 0 Å². The molecule has 0 N–H and O–H groups in total. The van der Waals surface area contributed by atoms with Crippen LogP contribution >= 0.6 is 23.2 Å². The minimum Gasteiger partial charge on any atom is -0.406 e. The van der Waals surface area contributed by atoms with Crippen molar-refractivity contribution < 1.29 is 22.7 Å². The molecule has 2 aromatic rings. The smallest absolute Gasteiger partial charge is 0.406 e. The molecular weight excluding hydrogens is 328 g/mol. The van der Waals surface area contributed by atoms with Gasteiger partial charge in [0, 0.05) is 16.1 Å². The summed E-state index contributed by atoms with van der Waals surface area (Å²) in [7, 11) is 0. The van der Waals surface area contributed by atoms with E-state index in [9.17, 15) is 18.0 Å². The maximum atomic E-state index is 12.2. The maximum Gasteiger partial charge on any atom is 0.573 e. The Bertz CT molecular complexity index is 667. The molecule has 0 aliphatic heterocycles. The largest absolute Gasteiger partial charge is 0.573 e. The van der Waals surface area contributed by atoms with Gasteiger partial charge in [-0.1, -0.05) is 23.2 Å². The van der Waals surface area contributed by atoms with Crippen LogP contribution in [-0.4, -0.2) is 12.1 Å². The number of hydrogen-bond acceptors (Lipinski definition) is 2. The molecule has 0 bridgehead atoms. The summed E-state index contributed by atoms with van der Waals surface area (Å²) in [4.78, 5) is 12.2. The SMILES string of the molecule is O=C(c1ccc(OC(F)(F)F)cc1)c1ccc(Cl)cc1Cl. The minimum absolute atomic E-state index is 0.170. The highest BCUT2D eigenvalue weighted by atomic mass is 35.5. The van der Waals surface area contributed by atoms with Crippen molar-refractivity contribution in [3.63, 3.8) is 0 Å². The quantitative estimate of drug-likeness (QED) is 0.728. The third-order valence-electron chi connectivity index (χ3n) is 2.53. The molecule has 21 heavy (non-hydrogen) atoms. The fourth-order valence-electron chi connectivity index (χ4n) is 1.64. The molecule has 2 nitrogen and oxygen atoms in total. The van der Waals surface area contributed by atoms with Gasteiger partial charge < -0.3 is 4.74 Å². The summed E-state index contributed by atoms with van der Waals surface area (Å²) in [5.41, 5.74) is 0.402. The Morgan fingerprint density at radius 2 is 1.62 bits per heavy atom. The van der Waals surface area contributed by atoms with Crippen molar-refractivity contribution in [3.05, 3.63) is 63.6 Å². The lowest BCUT2D eigenvalue weighted by molar-refractivity contribution is -0.274. The average Bonchev–Trinajstić information content (AvgIpc) is 2.37. The number of carbonyl (C=O) groups excluding carboxylic acids is 1. The number of alkyl halides is 3. The van der Waals surface area contributed by atoms with Gasteiger partial charge in [0.15, 0.2) is 5.78 Å². The Balaban J connectivity index is 2.24. The van der Waals surface area contributed by atoms with Crippen molar-refractivity contribution in [2.45, 2.75) is 6.36 Å². The van der Waals surface area contributed by atoms with Crippen molar-refractivity contribution in [1.82, 2.24) is 0 Å². The van der Waals surface area contributed by atoms with Crippen LogP contribution in [0.5, 0.6) is 5.75 Å². The first-order valence-corrected chi connectivity index (χ1v) is 6.37. The highest BCUT2D eigenvalue weighted by Gasteiger charge is 2.31. The molecule has 0 spiro atoms. The van der Waals surface area contributed by atoms with Gasteiger partial charge >= 0.3 is 6.36 Å². The molecule has 110 valence electrons. The summed E-state index contributed by atoms with van der Waals surface area (Å²) in [6.07, 6.45) is -4.77. The standard InChI is InChI=1S/C14H7Cl2F3O2/c15-9-3-6-11(12(16)7-9)13(20)8-1-4-10(5-2-8)21-14(17,18)19/h1-7H. The fourth-order valence-corrected chi connectivity index (χ4v) is 2.13. The van der Waals surface area contributed by atoms with Crippen LogP contribution in [0.1, 0.15) is 15.9 Å². The van der Waals surface area contributed by atoms with Crippen LogP contribution in [0.2, 0.25) is 10.0 Å². The molecule has 0 heterocycles. The Hall–Kier alpha value is -1.72. The lowest BCUT2D eigenvalue weighted by atomic mass is 10.0. The van der Waals surface area contributed by atoms with Crippen molar-refractivity contribution in [3.8, 4) is 5.75 Å². The number of halogens is 5. The molecule has 0 aromatic heterocycles. The van der Waals surface area contributed by atoms with Crippen LogP contribution in [0.3, 0.4) is 0 Å². The van der Waals surface area contributed by atoms with E-state index in [0.717, 1.165) is 12.1 Å². The minimum atomic E-state index is -4.77. The normalized spacial score (nSPS) is 11.3. The van der Waals surface area contributed by atoms with Crippen LogP contribution in [0.15, 0.2) is 42.5 Å². The second-order valence-electron chi connectivity index (χ2n) is 4.03. The predicted molar refractivity (Wildman–Crippen MR) is 73.0 cm³/mol. The Morgan fingerprint density at radius 3 is 2.14 bits per heavy atom. The summed E-state index contributed by atoms with van der Waals surface area (Å²) < 4.78 is 39.8. The number of ether oxygens (including phenoxy) is 1. The third kappa shape index (κ3) is 4.12. The lowest BCUT2D eigenvalue weighted by Crippen LogP contribution is -2.17. The van der Waals surface area contributed by atoms with Crippen LogP contribution in [-0.2, 0) is 0 Å². The second-order valence-corrected chi connectivity index (χ2v) is 4.87. The number of ketones is 1. The maximum absolute atomic E-state index is 12.2. The van der Waals surface area contributed by atoms with Gasteiger partial charge in [0.25, 0.3) is 0 Å². The molecule has 0 saturated carbocycles.